The number of carbonyl (C=O) groups excluding carboxylic acids is 3. The lowest BCUT2D eigenvalue weighted by Gasteiger charge is -2.30. The Morgan fingerprint density at radius 1 is 1.23 bits per heavy atom. The molecule has 1 aromatic rings. The Kier molecular flexibility index (Phi) is 6.61. The highest BCUT2D eigenvalue weighted by Crippen LogP contribution is 2.27. The molecule has 0 spiro atoms. The van der Waals surface area contributed by atoms with E-state index in [4.69, 9.17) is 4.74 Å². The van der Waals surface area contributed by atoms with Crippen molar-refractivity contribution in [2.75, 3.05) is 17.8 Å². The predicted octanol–water partition coefficient (Wildman–Crippen LogP) is 2.48. The number of para-hydroxylation sites is 1. The van der Waals surface area contributed by atoms with Gasteiger partial charge in [0.25, 0.3) is 0 Å². The largest absolute Gasteiger partial charge is 0.467 e. The van der Waals surface area contributed by atoms with Crippen molar-refractivity contribution in [1.82, 2.24) is 0 Å². The zero-order valence-electron chi connectivity index (χ0n) is 13.5. The van der Waals surface area contributed by atoms with Crippen LogP contribution in [0.15, 0.2) is 18.2 Å². The number of ether oxygens (including phenoxy) is 1. The lowest BCUT2D eigenvalue weighted by Crippen LogP contribution is -2.45. The molecule has 1 rings (SSSR count). The third-order valence-corrected chi connectivity index (χ3v) is 4.08. The fourth-order valence-corrected chi connectivity index (χ4v) is 2.69. The normalized spacial score (nSPS) is 11.7. The molecule has 0 saturated heterocycles. The van der Waals surface area contributed by atoms with Crippen LogP contribution in [0.25, 0.3) is 0 Å². The highest BCUT2D eigenvalue weighted by Gasteiger charge is 2.30. The first kappa shape index (κ1) is 18.2. The number of amides is 1. The van der Waals surface area contributed by atoms with Crippen molar-refractivity contribution in [3.8, 4) is 0 Å². The van der Waals surface area contributed by atoms with E-state index in [1.807, 2.05) is 32.0 Å². The van der Waals surface area contributed by atoms with Crippen molar-refractivity contribution in [3.63, 3.8) is 0 Å². The van der Waals surface area contributed by atoms with E-state index in [1.165, 1.54) is 18.9 Å². The molecule has 0 aliphatic carbocycles. The smallest absolute Gasteiger partial charge is 0.328 e. The van der Waals surface area contributed by atoms with Crippen LogP contribution in [0, 0.1) is 13.8 Å². The fourth-order valence-electron chi connectivity index (χ4n) is 2.23. The molecular weight excluding hydrogens is 302 g/mol. The van der Waals surface area contributed by atoms with E-state index >= 15 is 0 Å². The maximum atomic E-state index is 12.6. The Morgan fingerprint density at radius 3 is 2.23 bits per heavy atom. The van der Waals surface area contributed by atoms with Gasteiger partial charge in [-0.3, -0.25) is 14.5 Å². The van der Waals surface area contributed by atoms with Gasteiger partial charge in [-0.1, -0.05) is 30.0 Å². The number of benzene rings is 1. The van der Waals surface area contributed by atoms with Crippen LogP contribution in [0.2, 0.25) is 0 Å². The summed E-state index contributed by atoms with van der Waals surface area (Å²) in [6.45, 7) is 6.79. The summed E-state index contributed by atoms with van der Waals surface area (Å²) < 4.78 is 4.76. The first-order chi connectivity index (χ1) is 10.3. The van der Waals surface area contributed by atoms with Crippen LogP contribution in [0.1, 0.15) is 25.0 Å². The minimum Gasteiger partial charge on any atom is -0.467 e. The molecule has 6 heteroatoms. The molecule has 0 aliphatic heterocycles. The van der Waals surface area contributed by atoms with E-state index in [-0.39, 0.29) is 16.8 Å². The summed E-state index contributed by atoms with van der Waals surface area (Å²) in [5, 5.41) is -0.138. The molecule has 0 N–H and O–H groups in total. The summed E-state index contributed by atoms with van der Waals surface area (Å²) in [5.41, 5.74) is 2.46. The molecule has 0 heterocycles. The van der Waals surface area contributed by atoms with Gasteiger partial charge in [0, 0.05) is 6.92 Å². The van der Waals surface area contributed by atoms with E-state index in [0.29, 0.717) is 5.69 Å². The zero-order valence-corrected chi connectivity index (χ0v) is 14.3. The monoisotopic (exact) mass is 323 g/mol. The van der Waals surface area contributed by atoms with Crippen molar-refractivity contribution in [2.45, 2.75) is 33.7 Å². The Bertz CT molecular complexity index is 565. The van der Waals surface area contributed by atoms with Gasteiger partial charge in [-0.2, -0.15) is 0 Å². The molecule has 1 aromatic carbocycles. The number of anilines is 1. The average Bonchev–Trinajstić information content (AvgIpc) is 2.47. The third kappa shape index (κ3) is 4.34. The first-order valence-electron chi connectivity index (χ1n) is 6.89. The minimum atomic E-state index is -0.759. The van der Waals surface area contributed by atoms with Gasteiger partial charge < -0.3 is 4.74 Å². The van der Waals surface area contributed by atoms with E-state index < -0.39 is 12.0 Å². The molecule has 1 atom stereocenters. The van der Waals surface area contributed by atoms with Gasteiger partial charge in [0.05, 0.1) is 18.6 Å². The molecule has 1 unspecified atom stereocenters. The van der Waals surface area contributed by atoms with E-state index in [1.54, 1.807) is 6.92 Å². The Balaban J connectivity index is 3.24. The van der Waals surface area contributed by atoms with Crippen LogP contribution >= 0.6 is 11.8 Å². The van der Waals surface area contributed by atoms with Crippen molar-refractivity contribution in [3.05, 3.63) is 29.3 Å². The maximum Gasteiger partial charge on any atom is 0.328 e. The molecule has 22 heavy (non-hydrogen) atoms. The number of aryl methyl sites for hydroxylation is 2. The number of esters is 1. The van der Waals surface area contributed by atoms with Gasteiger partial charge in [0.15, 0.2) is 5.12 Å². The molecule has 1 amide bonds. The first-order valence-corrected chi connectivity index (χ1v) is 7.87. The zero-order chi connectivity index (χ0) is 16.9. The van der Waals surface area contributed by atoms with Crippen LogP contribution in [-0.2, 0) is 19.1 Å². The van der Waals surface area contributed by atoms with Gasteiger partial charge in [-0.05, 0) is 31.9 Å². The van der Waals surface area contributed by atoms with Crippen LogP contribution in [-0.4, -0.2) is 35.9 Å². The Labute approximate surface area is 135 Å². The Morgan fingerprint density at radius 2 is 1.77 bits per heavy atom. The quantitative estimate of drug-likeness (QED) is 0.779. The predicted molar refractivity (Wildman–Crippen MR) is 88.0 cm³/mol. The van der Waals surface area contributed by atoms with Gasteiger partial charge in [0.2, 0.25) is 5.91 Å². The highest BCUT2D eigenvalue weighted by atomic mass is 32.2. The lowest BCUT2D eigenvalue weighted by molar-refractivity contribution is -0.142. The maximum absolute atomic E-state index is 12.6. The summed E-state index contributed by atoms with van der Waals surface area (Å²) >= 11 is 0.929. The highest BCUT2D eigenvalue weighted by molar-refractivity contribution is 8.14. The van der Waals surface area contributed by atoms with Gasteiger partial charge >= 0.3 is 5.97 Å². The average molecular weight is 323 g/mol. The minimum absolute atomic E-state index is 0.00948. The second-order valence-corrected chi connectivity index (χ2v) is 6.14. The van der Waals surface area contributed by atoms with Gasteiger partial charge in [0.1, 0.15) is 6.04 Å². The van der Waals surface area contributed by atoms with Crippen molar-refractivity contribution < 1.29 is 19.1 Å². The summed E-state index contributed by atoms with van der Waals surface area (Å²) in [4.78, 5) is 37.0. The van der Waals surface area contributed by atoms with Crippen LogP contribution in [0.4, 0.5) is 5.69 Å². The van der Waals surface area contributed by atoms with Crippen LogP contribution in [0.5, 0.6) is 0 Å². The molecule has 0 fully saturated rings. The molecule has 0 aliphatic rings. The number of carbonyl (C=O) groups is 3. The summed E-state index contributed by atoms with van der Waals surface area (Å²) in [5.74, 6) is -0.802. The van der Waals surface area contributed by atoms with Crippen molar-refractivity contribution in [2.24, 2.45) is 0 Å². The van der Waals surface area contributed by atoms with Crippen LogP contribution < -0.4 is 4.90 Å². The molecule has 5 nitrogen and oxygen atoms in total. The molecule has 0 radical (unpaired) electrons. The second kappa shape index (κ2) is 7.98. The molecule has 0 bridgehead atoms. The van der Waals surface area contributed by atoms with E-state index in [9.17, 15) is 14.4 Å². The van der Waals surface area contributed by atoms with E-state index in [0.717, 1.165) is 22.9 Å². The number of hydrogen-bond donors (Lipinski definition) is 0. The summed E-state index contributed by atoms with van der Waals surface area (Å²) in [7, 11) is 1.29. The van der Waals surface area contributed by atoms with Gasteiger partial charge in [-0.15, -0.1) is 0 Å². The summed E-state index contributed by atoms with van der Waals surface area (Å²) in [6.07, 6.45) is 0. The topological polar surface area (TPSA) is 63.7 Å². The molecule has 120 valence electrons. The number of methoxy groups -OCH3 is 1. The van der Waals surface area contributed by atoms with E-state index in [2.05, 4.69) is 0 Å². The number of rotatable bonds is 5. The molecule has 0 aromatic heterocycles. The Hall–Kier alpha value is -1.82. The number of hydrogen-bond acceptors (Lipinski definition) is 5. The lowest BCUT2D eigenvalue weighted by atomic mass is 10.1. The number of nitrogens with zero attached hydrogens (tertiary/aromatic N) is 1. The van der Waals surface area contributed by atoms with Crippen molar-refractivity contribution >= 4 is 34.4 Å². The second-order valence-electron chi connectivity index (χ2n) is 4.98. The summed E-state index contributed by atoms with van der Waals surface area (Å²) in [6, 6.07) is 4.89. The SMILES string of the molecule is COC(=O)C(C)N(C(=O)CSC(C)=O)c1c(C)cccc1C. The standard InChI is InChI=1S/C16H21NO4S/c1-10-7-6-8-11(2)15(10)17(12(3)16(20)21-5)14(19)9-22-13(4)18/h6-8,12H,9H2,1-5H3. The third-order valence-electron chi connectivity index (χ3n) is 3.28. The van der Waals surface area contributed by atoms with Gasteiger partial charge in [-0.25, -0.2) is 4.79 Å². The number of thioether (sulfide) groups is 1. The molecular formula is C16H21NO4S. The van der Waals surface area contributed by atoms with Crippen molar-refractivity contribution in [1.29, 1.82) is 0 Å². The fraction of sp³-hybridized carbons (Fsp3) is 0.438. The van der Waals surface area contributed by atoms with Crippen LogP contribution in [0.3, 0.4) is 0 Å². The molecule has 0 saturated carbocycles.